The van der Waals surface area contributed by atoms with Gasteiger partial charge < -0.3 is 14.0 Å². The van der Waals surface area contributed by atoms with Crippen LogP contribution in [0.2, 0.25) is 0 Å². The summed E-state index contributed by atoms with van der Waals surface area (Å²) in [5.41, 5.74) is 0.242. The van der Waals surface area contributed by atoms with E-state index < -0.39 is 29.3 Å². The SMILES string of the molecule is Cc1cc(N2C(=O)C(O)=C(C(=O)c3ccco3)[C@H]2c2ccc(F)cc2)no1. The number of hydrogen-bond donors (Lipinski definition) is 1. The first-order chi connectivity index (χ1) is 13.0. The van der Waals surface area contributed by atoms with E-state index in [0.29, 0.717) is 11.3 Å². The Hall–Kier alpha value is -3.68. The van der Waals surface area contributed by atoms with Crippen LogP contribution in [0, 0.1) is 12.7 Å². The minimum atomic E-state index is -1.01. The molecule has 0 fully saturated rings. The summed E-state index contributed by atoms with van der Waals surface area (Å²) in [6.07, 6.45) is 1.31. The van der Waals surface area contributed by atoms with Crippen LogP contribution >= 0.6 is 0 Å². The number of aliphatic hydroxyl groups is 1. The third-order valence-electron chi connectivity index (χ3n) is 4.25. The van der Waals surface area contributed by atoms with Crippen LogP contribution in [0.4, 0.5) is 10.2 Å². The van der Waals surface area contributed by atoms with Gasteiger partial charge in [0.15, 0.2) is 17.3 Å². The number of ketones is 1. The number of aromatic nitrogens is 1. The molecule has 0 bridgehead atoms. The molecule has 8 heteroatoms. The highest BCUT2D eigenvalue weighted by molar-refractivity contribution is 6.19. The fraction of sp³-hybridized carbons (Fsp3) is 0.105. The highest BCUT2D eigenvalue weighted by Gasteiger charge is 2.46. The number of furan rings is 1. The van der Waals surface area contributed by atoms with Crippen molar-refractivity contribution < 1.29 is 28.0 Å². The highest BCUT2D eigenvalue weighted by Crippen LogP contribution is 2.41. The molecular formula is C19H13FN2O5. The summed E-state index contributed by atoms with van der Waals surface area (Å²) in [6.45, 7) is 1.64. The molecule has 4 rings (SSSR count). The van der Waals surface area contributed by atoms with Crippen molar-refractivity contribution in [3.05, 3.63) is 83.0 Å². The molecule has 1 aliphatic heterocycles. The normalized spacial score (nSPS) is 17.0. The van der Waals surface area contributed by atoms with E-state index in [9.17, 15) is 19.1 Å². The van der Waals surface area contributed by atoms with Crippen LogP contribution in [-0.2, 0) is 4.79 Å². The first-order valence-electron chi connectivity index (χ1n) is 8.01. The number of aryl methyl sites for hydroxylation is 1. The van der Waals surface area contributed by atoms with Gasteiger partial charge in [-0.25, -0.2) is 4.39 Å². The Morgan fingerprint density at radius 1 is 1.26 bits per heavy atom. The quantitative estimate of drug-likeness (QED) is 0.708. The summed E-state index contributed by atoms with van der Waals surface area (Å²) in [5.74, 6) is -2.11. The van der Waals surface area contributed by atoms with Crippen LogP contribution in [0.5, 0.6) is 0 Å². The molecule has 3 aromatic rings. The lowest BCUT2D eigenvalue weighted by molar-refractivity contribution is -0.117. The van der Waals surface area contributed by atoms with Gasteiger partial charge in [0.1, 0.15) is 11.6 Å². The molecule has 1 aromatic carbocycles. The number of anilines is 1. The fourth-order valence-electron chi connectivity index (χ4n) is 3.04. The Bertz CT molecular complexity index is 1050. The first kappa shape index (κ1) is 16.8. The summed E-state index contributed by atoms with van der Waals surface area (Å²) < 4.78 is 23.5. The van der Waals surface area contributed by atoms with Crippen molar-refractivity contribution >= 4 is 17.5 Å². The minimum Gasteiger partial charge on any atom is -0.503 e. The molecule has 0 saturated carbocycles. The maximum atomic E-state index is 13.4. The largest absolute Gasteiger partial charge is 0.503 e. The number of carbonyl (C=O) groups is 2. The summed E-state index contributed by atoms with van der Waals surface area (Å²) in [7, 11) is 0. The maximum absolute atomic E-state index is 13.4. The van der Waals surface area contributed by atoms with E-state index in [1.54, 1.807) is 6.92 Å². The standard InChI is InChI=1S/C19H13FN2O5/c1-10-9-14(21-27-10)22-16(11-4-6-12(20)7-5-11)15(18(24)19(22)25)17(23)13-3-2-8-26-13/h2-9,16,24H,1H3/t16-/m1/s1. The number of aliphatic hydroxyl groups excluding tert-OH is 1. The van der Waals surface area contributed by atoms with Crippen LogP contribution in [0.25, 0.3) is 0 Å². The number of halogens is 1. The van der Waals surface area contributed by atoms with Crippen LogP contribution < -0.4 is 4.90 Å². The lowest BCUT2D eigenvalue weighted by atomic mass is 9.95. The van der Waals surface area contributed by atoms with Crippen LogP contribution in [0.1, 0.15) is 27.9 Å². The molecule has 1 N–H and O–H groups in total. The molecule has 1 amide bonds. The monoisotopic (exact) mass is 368 g/mol. The van der Waals surface area contributed by atoms with Gasteiger partial charge in [0.2, 0.25) is 5.78 Å². The Balaban J connectivity index is 1.88. The average molecular weight is 368 g/mol. The van der Waals surface area contributed by atoms with Gasteiger partial charge in [0.05, 0.1) is 17.9 Å². The van der Waals surface area contributed by atoms with Gasteiger partial charge >= 0.3 is 0 Å². The maximum Gasteiger partial charge on any atom is 0.295 e. The van der Waals surface area contributed by atoms with Gasteiger partial charge in [0, 0.05) is 6.07 Å². The molecule has 1 aliphatic rings. The van der Waals surface area contributed by atoms with Crippen molar-refractivity contribution in [2.75, 3.05) is 4.90 Å². The molecule has 27 heavy (non-hydrogen) atoms. The smallest absolute Gasteiger partial charge is 0.295 e. The summed E-state index contributed by atoms with van der Waals surface area (Å²) in [6, 6.07) is 8.71. The summed E-state index contributed by atoms with van der Waals surface area (Å²) >= 11 is 0. The van der Waals surface area contributed by atoms with E-state index in [-0.39, 0.29) is 17.2 Å². The topological polar surface area (TPSA) is 96.8 Å². The highest BCUT2D eigenvalue weighted by atomic mass is 19.1. The van der Waals surface area contributed by atoms with Crippen LogP contribution in [0.15, 0.2) is 69.0 Å². The number of nitrogens with zero attached hydrogens (tertiary/aromatic N) is 2. The molecular weight excluding hydrogens is 355 g/mol. The predicted octanol–water partition coefficient (Wildman–Crippen LogP) is 3.50. The fourth-order valence-corrected chi connectivity index (χ4v) is 3.04. The number of carbonyl (C=O) groups excluding carboxylic acids is 2. The average Bonchev–Trinajstić information content (AvgIpc) is 3.37. The molecule has 136 valence electrons. The van der Waals surface area contributed by atoms with Crippen LogP contribution in [0.3, 0.4) is 0 Å². The zero-order valence-electron chi connectivity index (χ0n) is 14.0. The zero-order chi connectivity index (χ0) is 19.1. The van der Waals surface area contributed by atoms with E-state index in [0.717, 1.165) is 4.90 Å². The predicted molar refractivity (Wildman–Crippen MR) is 90.6 cm³/mol. The van der Waals surface area contributed by atoms with E-state index in [1.165, 1.54) is 48.7 Å². The summed E-state index contributed by atoms with van der Waals surface area (Å²) in [5, 5.41) is 14.3. The number of amides is 1. The molecule has 2 aromatic heterocycles. The van der Waals surface area contributed by atoms with E-state index in [2.05, 4.69) is 5.16 Å². The Labute approximate surface area is 152 Å². The third-order valence-corrected chi connectivity index (χ3v) is 4.25. The molecule has 0 unspecified atom stereocenters. The second-order valence-corrected chi connectivity index (χ2v) is 5.99. The van der Waals surface area contributed by atoms with Gasteiger partial charge in [-0.1, -0.05) is 17.3 Å². The second-order valence-electron chi connectivity index (χ2n) is 5.99. The number of rotatable bonds is 4. The van der Waals surface area contributed by atoms with Crippen molar-refractivity contribution in [3.8, 4) is 0 Å². The van der Waals surface area contributed by atoms with Gasteiger partial charge in [-0.05, 0) is 36.8 Å². The van der Waals surface area contributed by atoms with Gasteiger partial charge in [-0.15, -0.1) is 0 Å². The molecule has 1 atom stereocenters. The van der Waals surface area contributed by atoms with Crippen LogP contribution in [-0.4, -0.2) is 22.0 Å². The molecule has 0 spiro atoms. The molecule has 3 heterocycles. The Morgan fingerprint density at radius 3 is 2.59 bits per heavy atom. The van der Waals surface area contributed by atoms with E-state index >= 15 is 0 Å². The minimum absolute atomic E-state index is 0.0327. The van der Waals surface area contributed by atoms with Gasteiger partial charge in [0.25, 0.3) is 5.91 Å². The molecule has 0 aliphatic carbocycles. The third kappa shape index (κ3) is 2.71. The summed E-state index contributed by atoms with van der Waals surface area (Å²) in [4.78, 5) is 26.8. The Kier molecular flexibility index (Phi) is 3.88. The number of benzene rings is 1. The zero-order valence-corrected chi connectivity index (χ0v) is 14.0. The number of Topliss-reactive ketones (excluding diaryl/α,β-unsaturated/α-hetero) is 1. The lowest BCUT2D eigenvalue weighted by Gasteiger charge is -2.24. The Morgan fingerprint density at radius 2 is 2.00 bits per heavy atom. The van der Waals surface area contributed by atoms with E-state index in [4.69, 9.17) is 8.94 Å². The number of hydrogen-bond acceptors (Lipinski definition) is 6. The van der Waals surface area contributed by atoms with Gasteiger partial charge in [-0.3, -0.25) is 14.5 Å². The molecule has 0 radical (unpaired) electrons. The molecule has 0 saturated heterocycles. The van der Waals surface area contributed by atoms with Gasteiger partial charge in [-0.2, -0.15) is 0 Å². The first-order valence-corrected chi connectivity index (χ1v) is 8.01. The van der Waals surface area contributed by atoms with Crippen molar-refractivity contribution in [1.82, 2.24) is 5.16 Å². The van der Waals surface area contributed by atoms with Crippen molar-refractivity contribution in [1.29, 1.82) is 0 Å². The van der Waals surface area contributed by atoms with Crippen molar-refractivity contribution in [2.24, 2.45) is 0 Å². The molecule has 7 nitrogen and oxygen atoms in total. The lowest BCUT2D eigenvalue weighted by Crippen LogP contribution is -2.31. The van der Waals surface area contributed by atoms with E-state index in [1.807, 2.05) is 0 Å². The van der Waals surface area contributed by atoms with Crippen molar-refractivity contribution in [3.63, 3.8) is 0 Å². The second kappa shape index (κ2) is 6.24. The van der Waals surface area contributed by atoms with Crippen molar-refractivity contribution in [2.45, 2.75) is 13.0 Å².